The highest BCUT2D eigenvalue weighted by Crippen LogP contribution is 2.29. The van der Waals surface area contributed by atoms with Crippen LogP contribution in [0.3, 0.4) is 0 Å². The Labute approximate surface area is 187 Å². The molecule has 1 heterocycles. The van der Waals surface area contributed by atoms with E-state index >= 15 is 0 Å². The molecule has 3 aromatic rings. The lowest BCUT2D eigenvalue weighted by molar-refractivity contribution is 0.106. The number of methoxy groups -OCH3 is 2. The van der Waals surface area contributed by atoms with Crippen molar-refractivity contribution in [1.82, 2.24) is 5.32 Å². The lowest BCUT2D eigenvalue weighted by Gasteiger charge is -2.16. The van der Waals surface area contributed by atoms with Gasteiger partial charge in [-0.15, -0.1) is 0 Å². The van der Waals surface area contributed by atoms with Gasteiger partial charge in [0.25, 0.3) is 0 Å². The molecular formula is C25H31NO6. The zero-order chi connectivity index (χ0) is 23.3. The summed E-state index contributed by atoms with van der Waals surface area (Å²) in [5.41, 5.74) is 3.56. The fraction of sp³-hybridized carbons (Fsp3) is 0.400. The molecule has 0 unspecified atom stereocenters. The molecule has 0 amide bonds. The molecule has 7 nitrogen and oxygen atoms in total. The topological polar surface area (TPSA) is 90.2 Å². The molecule has 0 bridgehead atoms. The lowest BCUT2D eigenvalue weighted by atomic mass is 10.0. The quantitative estimate of drug-likeness (QED) is 0.368. The summed E-state index contributed by atoms with van der Waals surface area (Å²) in [5.74, 6) is 1.99. The normalized spacial score (nSPS) is 12.1. The van der Waals surface area contributed by atoms with Gasteiger partial charge in [-0.05, 0) is 69.1 Å². The molecule has 0 fully saturated rings. The van der Waals surface area contributed by atoms with Crippen molar-refractivity contribution in [3.05, 3.63) is 63.0 Å². The Hall–Kier alpha value is -3.03. The molecule has 1 aromatic heterocycles. The van der Waals surface area contributed by atoms with E-state index in [1.807, 2.05) is 44.2 Å². The van der Waals surface area contributed by atoms with Crippen molar-refractivity contribution in [3.8, 4) is 17.2 Å². The van der Waals surface area contributed by atoms with Gasteiger partial charge in [-0.3, -0.25) is 0 Å². The smallest absolute Gasteiger partial charge is 0.339 e. The maximum atomic E-state index is 12.0. The number of hydrogen-bond donors (Lipinski definition) is 2. The van der Waals surface area contributed by atoms with Crippen LogP contribution >= 0.6 is 0 Å². The van der Waals surface area contributed by atoms with Crippen LogP contribution in [-0.4, -0.2) is 45.1 Å². The third kappa shape index (κ3) is 5.23. The Morgan fingerprint density at radius 2 is 1.69 bits per heavy atom. The van der Waals surface area contributed by atoms with Gasteiger partial charge in [-0.1, -0.05) is 6.07 Å². The minimum Gasteiger partial charge on any atom is -0.493 e. The van der Waals surface area contributed by atoms with Crippen LogP contribution in [0.25, 0.3) is 11.0 Å². The van der Waals surface area contributed by atoms with Gasteiger partial charge >= 0.3 is 5.63 Å². The highest BCUT2D eigenvalue weighted by molar-refractivity contribution is 5.85. The van der Waals surface area contributed by atoms with Crippen molar-refractivity contribution in [2.24, 2.45) is 0 Å². The number of hydrogen-bond acceptors (Lipinski definition) is 7. The molecule has 0 aliphatic carbocycles. The van der Waals surface area contributed by atoms with Crippen LogP contribution in [0.4, 0.5) is 0 Å². The second kappa shape index (κ2) is 10.5. The molecule has 2 N–H and O–H groups in total. The van der Waals surface area contributed by atoms with Crippen LogP contribution in [0.2, 0.25) is 0 Å². The Balaban J connectivity index is 1.51. The number of aliphatic hydroxyl groups excluding tert-OH is 1. The summed E-state index contributed by atoms with van der Waals surface area (Å²) >= 11 is 0. The highest BCUT2D eigenvalue weighted by atomic mass is 16.5. The van der Waals surface area contributed by atoms with Gasteiger partial charge in [0.05, 0.1) is 14.2 Å². The third-order valence-corrected chi connectivity index (χ3v) is 5.67. The van der Waals surface area contributed by atoms with E-state index in [1.165, 1.54) is 0 Å². The van der Waals surface area contributed by atoms with Gasteiger partial charge in [0.15, 0.2) is 11.5 Å². The fourth-order valence-electron chi connectivity index (χ4n) is 3.56. The monoisotopic (exact) mass is 441 g/mol. The molecule has 3 rings (SSSR count). The Kier molecular flexibility index (Phi) is 7.77. The van der Waals surface area contributed by atoms with E-state index in [0.717, 1.165) is 28.5 Å². The fourth-order valence-corrected chi connectivity index (χ4v) is 3.56. The molecule has 1 atom stereocenters. The van der Waals surface area contributed by atoms with Crippen molar-refractivity contribution in [2.45, 2.75) is 33.3 Å². The lowest BCUT2D eigenvalue weighted by Crippen LogP contribution is -2.32. The first kappa shape index (κ1) is 23.6. The van der Waals surface area contributed by atoms with E-state index in [1.54, 1.807) is 21.1 Å². The molecule has 0 saturated carbocycles. The summed E-state index contributed by atoms with van der Waals surface area (Å²) in [4.78, 5) is 12.0. The Morgan fingerprint density at radius 3 is 2.41 bits per heavy atom. The average Bonchev–Trinajstić information content (AvgIpc) is 2.80. The first-order valence-corrected chi connectivity index (χ1v) is 10.6. The van der Waals surface area contributed by atoms with E-state index in [9.17, 15) is 9.90 Å². The molecule has 0 aliphatic rings. The molecule has 172 valence electrons. The molecule has 0 radical (unpaired) electrons. The Bertz CT molecular complexity index is 1140. The number of rotatable bonds is 10. The SMILES string of the molecule is COc1ccc(CCNC[C@H](O)COc2ccc3c(C)c(C)c(=O)oc3c2C)cc1OC. The largest absolute Gasteiger partial charge is 0.493 e. The first-order chi connectivity index (χ1) is 15.3. The average molecular weight is 442 g/mol. The van der Waals surface area contributed by atoms with Crippen LogP contribution in [0.15, 0.2) is 39.5 Å². The van der Waals surface area contributed by atoms with Crippen LogP contribution in [-0.2, 0) is 6.42 Å². The van der Waals surface area contributed by atoms with Crippen LogP contribution in [0.1, 0.15) is 22.3 Å². The molecule has 7 heteroatoms. The molecule has 0 saturated heterocycles. The highest BCUT2D eigenvalue weighted by Gasteiger charge is 2.14. The van der Waals surface area contributed by atoms with Crippen molar-refractivity contribution >= 4 is 11.0 Å². The number of nitrogens with one attached hydrogen (secondary N) is 1. The van der Waals surface area contributed by atoms with E-state index in [2.05, 4.69) is 5.32 Å². The summed E-state index contributed by atoms with van der Waals surface area (Å²) in [6.07, 6.45) is 0.109. The van der Waals surface area contributed by atoms with Gasteiger partial charge in [-0.2, -0.15) is 0 Å². The van der Waals surface area contributed by atoms with E-state index in [-0.39, 0.29) is 12.2 Å². The van der Waals surface area contributed by atoms with Crippen LogP contribution in [0.5, 0.6) is 17.2 Å². The van der Waals surface area contributed by atoms with Crippen molar-refractivity contribution in [1.29, 1.82) is 0 Å². The van der Waals surface area contributed by atoms with Crippen molar-refractivity contribution in [2.75, 3.05) is 33.9 Å². The van der Waals surface area contributed by atoms with Gasteiger partial charge < -0.3 is 29.1 Å². The number of aliphatic hydroxyl groups is 1. The zero-order valence-corrected chi connectivity index (χ0v) is 19.3. The summed E-state index contributed by atoms with van der Waals surface area (Å²) in [7, 11) is 3.23. The van der Waals surface area contributed by atoms with Crippen LogP contribution < -0.4 is 25.2 Å². The number of fused-ring (bicyclic) bond motifs is 1. The van der Waals surface area contributed by atoms with Gasteiger partial charge in [0.1, 0.15) is 24.0 Å². The minimum atomic E-state index is -0.678. The van der Waals surface area contributed by atoms with Crippen LogP contribution in [0, 0.1) is 20.8 Å². The molecule has 32 heavy (non-hydrogen) atoms. The second-order valence-electron chi connectivity index (χ2n) is 7.81. The predicted molar refractivity (Wildman–Crippen MR) is 124 cm³/mol. The van der Waals surface area contributed by atoms with Crippen molar-refractivity contribution in [3.63, 3.8) is 0 Å². The van der Waals surface area contributed by atoms with E-state index < -0.39 is 6.10 Å². The summed E-state index contributed by atoms with van der Waals surface area (Å²) in [6, 6.07) is 9.56. The zero-order valence-electron chi connectivity index (χ0n) is 19.3. The summed E-state index contributed by atoms with van der Waals surface area (Å²) < 4.78 is 21.9. The summed E-state index contributed by atoms with van der Waals surface area (Å²) in [6.45, 7) is 6.74. The maximum absolute atomic E-state index is 12.0. The number of benzene rings is 2. The third-order valence-electron chi connectivity index (χ3n) is 5.67. The molecule has 0 spiro atoms. The minimum absolute atomic E-state index is 0.130. The Morgan fingerprint density at radius 1 is 0.969 bits per heavy atom. The number of aryl methyl sites for hydroxylation is 2. The van der Waals surface area contributed by atoms with Gasteiger partial charge in [-0.25, -0.2) is 4.79 Å². The molecular weight excluding hydrogens is 410 g/mol. The van der Waals surface area contributed by atoms with Gasteiger partial charge in [0.2, 0.25) is 0 Å². The first-order valence-electron chi connectivity index (χ1n) is 10.6. The molecule has 0 aliphatic heterocycles. The van der Waals surface area contributed by atoms with Crippen molar-refractivity contribution < 1.29 is 23.7 Å². The maximum Gasteiger partial charge on any atom is 0.339 e. The van der Waals surface area contributed by atoms with Gasteiger partial charge in [0, 0.05) is 23.1 Å². The predicted octanol–water partition coefficient (Wildman–Crippen LogP) is 3.31. The molecule has 2 aromatic carbocycles. The number of ether oxygens (including phenoxy) is 3. The van der Waals surface area contributed by atoms with E-state index in [0.29, 0.717) is 41.5 Å². The second-order valence-corrected chi connectivity index (χ2v) is 7.81. The standard InChI is InChI=1S/C25H31NO6/c1-15-16(2)25(28)32-24-17(3)21(9-7-20(15)24)31-14-19(27)13-26-11-10-18-6-8-22(29-4)23(12-18)30-5/h6-9,12,19,26-27H,10-11,13-14H2,1-5H3/t19-/m0/s1. The van der Waals surface area contributed by atoms with E-state index in [4.69, 9.17) is 18.6 Å². The summed E-state index contributed by atoms with van der Waals surface area (Å²) in [5, 5.41) is 14.4.